The normalized spacial score (nSPS) is 11.3. The Kier molecular flexibility index (Phi) is 8.17. The first kappa shape index (κ1) is 26.0. The van der Waals surface area contributed by atoms with Crippen LogP contribution < -0.4 is 10.3 Å². The van der Waals surface area contributed by atoms with Crippen LogP contribution in [0, 0.1) is 10.1 Å². The standard InChI is InChI=1S/C25H19Br2ClN4O4/c1-2-3-23-30-22-9-6-17(26)12-19(22)25(33)31(23)29-13-16-10-20(27)24(21(28)11-16)36-14-15-4-7-18(8-5-15)32(34)35/h4-13H,2-3,14H2,1H3. The van der Waals surface area contributed by atoms with Crippen molar-refractivity contribution in [3.05, 3.63) is 106 Å². The minimum absolute atomic E-state index is 0.0112. The summed E-state index contributed by atoms with van der Waals surface area (Å²) in [7, 11) is 0. The third-order valence-electron chi connectivity index (χ3n) is 5.22. The van der Waals surface area contributed by atoms with Crippen molar-refractivity contribution in [2.75, 3.05) is 0 Å². The molecule has 0 atom stereocenters. The van der Waals surface area contributed by atoms with E-state index < -0.39 is 4.92 Å². The number of aryl methyl sites for hydroxylation is 1. The predicted octanol–water partition coefficient (Wildman–Crippen LogP) is 6.90. The van der Waals surface area contributed by atoms with Gasteiger partial charge in [-0.05, 0) is 75.9 Å². The highest BCUT2D eigenvalue weighted by Gasteiger charge is 2.13. The van der Waals surface area contributed by atoms with Gasteiger partial charge in [-0.25, -0.2) is 4.98 Å². The summed E-state index contributed by atoms with van der Waals surface area (Å²) in [6, 6.07) is 14.9. The lowest BCUT2D eigenvalue weighted by Crippen LogP contribution is -2.22. The predicted molar refractivity (Wildman–Crippen MR) is 147 cm³/mol. The third-order valence-corrected chi connectivity index (χ3v) is 6.59. The molecule has 36 heavy (non-hydrogen) atoms. The number of benzene rings is 3. The summed E-state index contributed by atoms with van der Waals surface area (Å²) >= 11 is 13.3. The first-order valence-electron chi connectivity index (χ1n) is 10.9. The molecule has 0 N–H and O–H groups in total. The fraction of sp³-hybridized carbons (Fsp3) is 0.160. The zero-order chi connectivity index (χ0) is 25.8. The maximum atomic E-state index is 13.2. The fourth-order valence-corrected chi connectivity index (χ4v) is 4.83. The van der Waals surface area contributed by atoms with Gasteiger partial charge in [0, 0.05) is 23.0 Å². The molecule has 184 valence electrons. The summed E-state index contributed by atoms with van der Waals surface area (Å²) in [4.78, 5) is 28.2. The van der Waals surface area contributed by atoms with Crippen LogP contribution in [-0.4, -0.2) is 20.8 Å². The molecule has 0 aliphatic carbocycles. The summed E-state index contributed by atoms with van der Waals surface area (Å²) in [5.41, 5.74) is 1.79. The number of halogens is 3. The molecule has 0 spiro atoms. The highest BCUT2D eigenvalue weighted by atomic mass is 79.9. The molecule has 4 aromatic rings. The Morgan fingerprint density at radius 2 is 1.92 bits per heavy atom. The van der Waals surface area contributed by atoms with Crippen LogP contribution >= 0.6 is 43.5 Å². The Hall–Kier alpha value is -3.08. The van der Waals surface area contributed by atoms with E-state index in [0.717, 1.165) is 16.5 Å². The molecule has 0 fully saturated rings. The van der Waals surface area contributed by atoms with Crippen LogP contribution in [0.15, 0.2) is 73.4 Å². The Morgan fingerprint density at radius 1 is 1.17 bits per heavy atom. The second kappa shape index (κ2) is 11.3. The molecular weight excluding hydrogens is 616 g/mol. The van der Waals surface area contributed by atoms with Gasteiger partial charge >= 0.3 is 0 Å². The lowest BCUT2D eigenvalue weighted by atomic mass is 10.2. The molecule has 0 saturated heterocycles. The Bertz CT molecular complexity index is 1520. The van der Waals surface area contributed by atoms with Crippen molar-refractivity contribution in [3.63, 3.8) is 0 Å². The SMILES string of the molecule is CCCc1nc2ccc(Br)cc2c(=O)n1N=Cc1cc(Cl)c(OCc2ccc([N+](=O)[O-])cc2)c(Br)c1. The zero-order valence-electron chi connectivity index (χ0n) is 19.0. The van der Waals surface area contributed by atoms with Crippen molar-refractivity contribution in [1.82, 2.24) is 9.66 Å². The summed E-state index contributed by atoms with van der Waals surface area (Å²) in [6.45, 7) is 2.19. The molecule has 11 heteroatoms. The monoisotopic (exact) mass is 632 g/mol. The second-order valence-electron chi connectivity index (χ2n) is 7.83. The smallest absolute Gasteiger partial charge is 0.282 e. The van der Waals surface area contributed by atoms with Crippen LogP contribution in [0.4, 0.5) is 5.69 Å². The lowest BCUT2D eigenvalue weighted by molar-refractivity contribution is -0.384. The van der Waals surface area contributed by atoms with Crippen molar-refractivity contribution in [2.45, 2.75) is 26.4 Å². The molecule has 1 aromatic heterocycles. The van der Waals surface area contributed by atoms with E-state index in [1.54, 1.807) is 42.6 Å². The third kappa shape index (κ3) is 5.83. The molecule has 3 aromatic carbocycles. The number of hydrogen-bond acceptors (Lipinski definition) is 6. The first-order valence-corrected chi connectivity index (χ1v) is 12.8. The minimum atomic E-state index is -0.454. The summed E-state index contributed by atoms with van der Waals surface area (Å²) in [6.07, 6.45) is 2.95. The van der Waals surface area contributed by atoms with Crippen molar-refractivity contribution in [3.8, 4) is 5.75 Å². The van der Waals surface area contributed by atoms with E-state index in [4.69, 9.17) is 16.3 Å². The molecule has 0 saturated carbocycles. The van der Waals surface area contributed by atoms with Crippen molar-refractivity contribution in [2.24, 2.45) is 5.10 Å². The average Bonchev–Trinajstić information content (AvgIpc) is 2.84. The van der Waals surface area contributed by atoms with Crippen LogP contribution in [0.2, 0.25) is 5.02 Å². The number of aromatic nitrogens is 2. The van der Waals surface area contributed by atoms with Gasteiger partial charge in [0.05, 0.1) is 31.5 Å². The number of nitro groups is 1. The molecule has 8 nitrogen and oxygen atoms in total. The molecular formula is C25H19Br2ClN4O4. The molecule has 0 aliphatic rings. The van der Waals surface area contributed by atoms with Gasteiger partial charge < -0.3 is 4.74 Å². The van der Waals surface area contributed by atoms with E-state index in [0.29, 0.717) is 44.0 Å². The van der Waals surface area contributed by atoms with E-state index in [2.05, 4.69) is 41.9 Å². The largest absolute Gasteiger partial charge is 0.486 e. The van der Waals surface area contributed by atoms with Gasteiger partial charge in [-0.3, -0.25) is 14.9 Å². The van der Waals surface area contributed by atoms with Gasteiger partial charge in [-0.1, -0.05) is 34.5 Å². The summed E-state index contributed by atoms with van der Waals surface area (Å²) in [5, 5.41) is 16.1. The molecule has 0 aliphatic heterocycles. The van der Waals surface area contributed by atoms with Gasteiger partial charge in [-0.15, -0.1) is 0 Å². The van der Waals surface area contributed by atoms with Crippen LogP contribution in [0.5, 0.6) is 5.75 Å². The van der Waals surface area contributed by atoms with E-state index >= 15 is 0 Å². The van der Waals surface area contributed by atoms with E-state index in [9.17, 15) is 14.9 Å². The Balaban J connectivity index is 1.60. The van der Waals surface area contributed by atoms with Crippen LogP contribution in [0.1, 0.15) is 30.3 Å². The first-order chi connectivity index (χ1) is 17.3. The highest BCUT2D eigenvalue weighted by Crippen LogP contribution is 2.35. The number of ether oxygens (including phenoxy) is 1. The van der Waals surface area contributed by atoms with Crippen LogP contribution in [0.3, 0.4) is 0 Å². The number of hydrogen-bond donors (Lipinski definition) is 0. The highest BCUT2D eigenvalue weighted by molar-refractivity contribution is 9.10. The van der Waals surface area contributed by atoms with Crippen molar-refractivity contribution in [1.29, 1.82) is 0 Å². The molecule has 0 amide bonds. The van der Waals surface area contributed by atoms with Gasteiger partial charge in [0.1, 0.15) is 12.4 Å². The Labute approximate surface area is 228 Å². The van der Waals surface area contributed by atoms with Gasteiger partial charge in [-0.2, -0.15) is 9.78 Å². The zero-order valence-corrected chi connectivity index (χ0v) is 22.9. The molecule has 1 heterocycles. The lowest BCUT2D eigenvalue weighted by Gasteiger charge is -2.11. The molecule has 0 bridgehead atoms. The van der Waals surface area contributed by atoms with E-state index in [1.807, 2.05) is 13.0 Å². The fourth-order valence-electron chi connectivity index (χ4n) is 3.48. The topological polar surface area (TPSA) is 99.6 Å². The van der Waals surface area contributed by atoms with Gasteiger partial charge in [0.2, 0.25) is 0 Å². The molecule has 4 rings (SSSR count). The molecule has 0 unspecified atom stereocenters. The van der Waals surface area contributed by atoms with E-state index in [1.165, 1.54) is 16.8 Å². The maximum absolute atomic E-state index is 13.2. The second-order valence-corrected chi connectivity index (χ2v) is 10.0. The number of rotatable bonds is 8. The number of non-ortho nitro benzene ring substituents is 1. The number of nitro benzene ring substituents is 1. The van der Waals surface area contributed by atoms with E-state index in [-0.39, 0.29) is 17.9 Å². The molecule has 0 radical (unpaired) electrons. The number of nitrogens with zero attached hydrogens (tertiary/aromatic N) is 4. The van der Waals surface area contributed by atoms with Gasteiger partial charge in [0.25, 0.3) is 11.2 Å². The summed E-state index contributed by atoms with van der Waals surface area (Å²) in [5.74, 6) is 0.995. The Morgan fingerprint density at radius 3 is 2.58 bits per heavy atom. The quantitative estimate of drug-likeness (QED) is 0.119. The van der Waals surface area contributed by atoms with Crippen molar-refractivity contribution >= 4 is 66.3 Å². The van der Waals surface area contributed by atoms with Crippen LogP contribution in [-0.2, 0) is 13.0 Å². The average molecular weight is 635 g/mol. The van der Waals surface area contributed by atoms with Crippen LogP contribution in [0.25, 0.3) is 10.9 Å². The van der Waals surface area contributed by atoms with Crippen molar-refractivity contribution < 1.29 is 9.66 Å². The minimum Gasteiger partial charge on any atom is -0.486 e. The number of fused-ring (bicyclic) bond motifs is 1. The van der Waals surface area contributed by atoms with Gasteiger partial charge in [0.15, 0.2) is 5.75 Å². The summed E-state index contributed by atoms with van der Waals surface area (Å²) < 4.78 is 8.54. The maximum Gasteiger partial charge on any atom is 0.282 e.